The van der Waals surface area contributed by atoms with Crippen LogP contribution in [0.1, 0.15) is 24.0 Å². The van der Waals surface area contributed by atoms with Crippen LogP contribution in [0.3, 0.4) is 0 Å². The van der Waals surface area contributed by atoms with Gasteiger partial charge in [0.25, 0.3) is 0 Å². The highest BCUT2D eigenvalue weighted by atomic mass is 16.4. The van der Waals surface area contributed by atoms with Crippen molar-refractivity contribution in [1.29, 1.82) is 0 Å². The third kappa shape index (κ3) is 3.00. The Hall–Kier alpha value is -1.59. The number of oxime groups is 1. The summed E-state index contributed by atoms with van der Waals surface area (Å²) in [4.78, 5) is 2.24. The van der Waals surface area contributed by atoms with Gasteiger partial charge in [-0.3, -0.25) is 4.90 Å². The largest absolute Gasteiger partial charge is 0.409 e. The third-order valence-corrected chi connectivity index (χ3v) is 3.22. The Balaban J connectivity index is 2.16. The average molecular weight is 249 g/mol. The second-order valence-electron chi connectivity index (χ2n) is 4.57. The number of aliphatic hydroxyl groups is 1. The summed E-state index contributed by atoms with van der Waals surface area (Å²) in [7, 11) is 0. The Morgan fingerprint density at radius 1 is 1.39 bits per heavy atom. The molecule has 0 bridgehead atoms. The van der Waals surface area contributed by atoms with Gasteiger partial charge in [-0.2, -0.15) is 0 Å². The Kier molecular flexibility index (Phi) is 4.17. The highest BCUT2D eigenvalue weighted by Gasteiger charge is 2.28. The second-order valence-corrected chi connectivity index (χ2v) is 4.57. The quantitative estimate of drug-likeness (QED) is 0.300. The molecule has 4 N–H and O–H groups in total. The lowest BCUT2D eigenvalue weighted by Crippen LogP contribution is -2.30. The van der Waals surface area contributed by atoms with E-state index >= 15 is 0 Å². The molecule has 5 heteroatoms. The van der Waals surface area contributed by atoms with Crippen molar-refractivity contribution in [2.24, 2.45) is 10.9 Å². The van der Waals surface area contributed by atoms with Crippen LogP contribution < -0.4 is 5.73 Å². The molecule has 1 fully saturated rings. The summed E-state index contributed by atoms with van der Waals surface area (Å²) in [5, 5.41) is 20.9. The summed E-state index contributed by atoms with van der Waals surface area (Å²) in [5.74, 6) is 0.130. The first-order valence-electron chi connectivity index (χ1n) is 6.17. The van der Waals surface area contributed by atoms with Gasteiger partial charge >= 0.3 is 0 Å². The van der Waals surface area contributed by atoms with Crippen LogP contribution in [0.5, 0.6) is 0 Å². The minimum Gasteiger partial charge on any atom is -0.409 e. The van der Waals surface area contributed by atoms with Gasteiger partial charge in [0.1, 0.15) is 0 Å². The molecule has 0 unspecified atom stereocenters. The first-order chi connectivity index (χ1) is 8.76. The molecule has 0 radical (unpaired) electrons. The Labute approximate surface area is 107 Å². The molecule has 1 aromatic carbocycles. The maximum atomic E-state index is 9.09. The molecule has 18 heavy (non-hydrogen) atoms. The van der Waals surface area contributed by atoms with E-state index in [1.165, 1.54) is 12.8 Å². The van der Waals surface area contributed by atoms with Crippen molar-refractivity contribution in [2.75, 3.05) is 13.2 Å². The van der Waals surface area contributed by atoms with Gasteiger partial charge in [-0.25, -0.2) is 0 Å². The number of hydrogen-bond donors (Lipinski definition) is 3. The van der Waals surface area contributed by atoms with Crippen molar-refractivity contribution in [3.8, 4) is 0 Å². The molecule has 0 saturated heterocycles. The molecule has 0 aliphatic heterocycles. The monoisotopic (exact) mass is 249 g/mol. The maximum Gasteiger partial charge on any atom is 0.170 e. The van der Waals surface area contributed by atoms with Gasteiger partial charge in [0, 0.05) is 24.7 Å². The summed E-state index contributed by atoms with van der Waals surface area (Å²) in [6.45, 7) is 1.54. The maximum absolute atomic E-state index is 9.09. The molecule has 0 spiro atoms. The molecule has 0 atom stereocenters. The molecule has 1 aliphatic rings. The Morgan fingerprint density at radius 2 is 2.11 bits per heavy atom. The number of rotatable bonds is 6. The first-order valence-corrected chi connectivity index (χ1v) is 6.17. The highest BCUT2D eigenvalue weighted by molar-refractivity contribution is 5.98. The van der Waals surface area contributed by atoms with E-state index in [4.69, 9.17) is 16.0 Å². The van der Waals surface area contributed by atoms with E-state index in [0.29, 0.717) is 12.6 Å². The van der Waals surface area contributed by atoms with E-state index in [1.807, 2.05) is 24.3 Å². The first kappa shape index (κ1) is 12.9. The van der Waals surface area contributed by atoms with E-state index < -0.39 is 0 Å². The summed E-state index contributed by atoms with van der Waals surface area (Å²) in [5.41, 5.74) is 7.44. The summed E-state index contributed by atoms with van der Waals surface area (Å²) in [6, 6.07) is 8.18. The van der Waals surface area contributed by atoms with Gasteiger partial charge in [-0.05, 0) is 18.4 Å². The van der Waals surface area contributed by atoms with Gasteiger partial charge in [-0.15, -0.1) is 0 Å². The standard InChI is InChI=1S/C13H19N3O2/c14-13(15-18)12-4-2-1-3-10(12)9-16(7-8-17)11-5-6-11/h1-4,11,17-18H,5-9H2,(H2,14,15). The van der Waals surface area contributed by atoms with Crippen LogP contribution in [0.4, 0.5) is 0 Å². The van der Waals surface area contributed by atoms with Gasteiger partial charge in [0.05, 0.1) is 6.61 Å². The topological polar surface area (TPSA) is 82.1 Å². The zero-order valence-electron chi connectivity index (χ0n) is 10.3. The predicted octanol–water partition coefficient (Wildman–Crippen LogP) is 0.738. The number of nitrogens with two attached hydrogens (primary N) is 1. The Bertz CT molecular complexity index is 430. The Morgan fingerprint density at radius 3 is 2.72 bits per heavy atom. The van der Waals surface area contributed by atoms with E-state index in [1.54, 1.807) is 0 Å². The van der Waals surface area contributed by atoms with Crippen molar-refractivity contribution in [1.82, 2.24) is 4.90 Å². The fraction of sp³-hybridized carbons (Fsp3) is 0.462. The molecule has 1 aromatic rings. The smallest absolute Gasteiger partial charge is 0.170 e. The fourth-order valence-electron chi connectivity index (χ4n) is 2.14. The van der Waals surface area contributed by atoms with E-state index in [2.05, 4.69) is 10.1 Å². The zero-order chi connectivity index (χ0) is 13.0. The molecule has 2 rings (SSSR count). The van der Waals surface area contributed by atoms with Crippen LogP contribution in [-0.2, 0) is 6.54 Å². The second kappa shape index (κ2) is 5.84. The van der Waals surface area contributed by atoms with Crippen molar-refractivity contribution in [3.05, 3.63) is 35.4 Å². The van der Waals surface area contributed by atoms with Gasteiger partial charge in [0.2, 0.25) is 0 Å². The number of aliphatic hydroxyl groups excluding tert-OH is 1. The summed E-state index contributed by atoms with van der Waals surface area (Å²) < 4.78 is 0. The highest BCUT2D eigenvalue weighted by Crippen LogP contribution is 2.28. The minimum atomic E-state index is 0.130. The van der Waals surface area contributed by atoms with Gasteiger partial charge < -0.3 is 16.0 Å². The van der Waals surface area contributed by atoms with Crippen LogP contribution in [0.2, 0.25) is 0 Å². The van der Waals surface area contributed by atoms with Gasteiger partial charge in [0.15, 0.2) is 5.84 Å². The SMILES string of the molecule is NC(=NO)c1ccccc1CN(CCO)C1CC1. The lowest BCUT2D eigenvalue weighted by molar-refractivity contribution is 0.183. The van der Waals surface area contributed by atoms with Crippen molar-refractivity contribution in [3.63, 3.8) is 0 Å². The van der Waals surface area contributed by atoms with E-state index in [0.717, 1.165) is 17.7 Å². The van der Waals surface area contributed by atoms with Crippen LogP contribution in [0, 0.1) is 0 Å². The van der Waals surface area contributed by atoms with Crippen LogP contribution in [0.25, 0.3) is 0 Å². The number of benzene rings is 1. The van der Waals surface area contributed by atoms with E-state index in [9.17, 15) is 0 Å². The molecule has 5 nitrogen and oxygen atoms in total. The molecule has 98 valence electrons. The molecule has 0 heterocycles. The molecule has 0 amide bonds. The van der Waals surface area contributed by atoms with Crippen LogP contribution >= 0.6 is 0 Å². The molecular formula is C13H19N3O2. The number of nitrogens with zero attached hydrogens (tertiary/aromatic N) is 2. The molecule has 0 aromatic heterocycles. The van der Waals surface area contributed by atoms with Crippen molar-refractivity contribution in [2.45, 2.75) is 25.4 Å². The minimum absolute atomic E-state index is 0.130. The fourth-order valence-corrected chi connectivity index (χ4v) is 2.14. The normalized spacial score (nSPS) is 16.2. The number of hydrogen-bond acceptors (Lipinski definition) is 4. The van der Waals surface area contributed by atoms with Crippen LogP contribution in [0.15, 0.2) is 29.4 Å². The predicted molar refractivity (Wildman–Crippen MR) is 69.5 cm³/mol. The third-order valence-electron chi connectivity index (χ3n) is 3.22. The summed E-state index contributed by atoms with van der Waals surface area (Å²) >= 11 is 0. The van der Waals surface area contributed by atoms with Crippen molar-refractivity contribution >= 4 is 5.84 Å². The average Bonchev–Trinajstić information content (AvgIpc) is 3.22. The lowest BCUT2D eigenvalue weighted by Gasteiger charge is -2.22. The molecule has 1 aliphatic carbocycles. The lowest BCUT2D eigenvalue weighted by atomic mass is 10.1. The van der Waals surface area contributed by atoms with Crippen LogP contribution in [-0.4, -0.2) is 40.2 Å². The van der Waals surface area contributed by atoms with Gasteiger partial charge in [-0.1, -0.05) is 29.4 Å². The zero-order valence-corrected chi connectivity index (χ0v) is 10.3. The van der Waals surface area contributed by atoms with Crippen molar-refractivity contribution < 1.29 is 10.3 Å². The number of amidine groups is 1. The molecular weight excluding hydrogens is 230 g/mol. The van der Waals surface area contributed by atoms with E-state index in [-0.39, 0.29) is 12.4 Å². The molecule has 1 saturated carbocycles. The summed E-state index contributed by atoms with van der Waals surface area (Å²) in [6.07, 6.45) is 2.37.